The second-order valence-corrected chi connectivity index (χ2v) is 7.90. The van der Waals surface area contributed by atoms with Crippen molar-refractivity contribution in [1.29, 1.82) is 0 Å². The van der Waals surface area contributed by atoms with E-state index in [-0.39, 0.29) is 48.7 Å². The zero-order chi connectivity index (χ0) is 25.3. The van der Waals surface area contributed by atoms with Crippen LogP contribution in [0, 0.1) is 0 Å². The van der Waals surface area contributed by atoms with Crippen LogP contribution in [0.2, 0.25) is 0 Å². The Morgan fingerprint density at radius 3 is 0.853 bits per heavy atom. The third kappa shape index (κ3) is 9.53. The van der Waals surface area contributed by atoms with Gasteiger partial charge in [0, 0.05) is 0 Å². The topological polar surface area (TPSA) is 105 Å². The summed E-state index contributed by atoms with van der Waals surface area (Å²) in [6.45, 7) is 8.46. The first-order valence-electron chi connectivity index (χ1n) is 12.3. The highest BCUT2D eigenvalue weighted by Crippen LogP contribution is 2.22. The lowest BCUT2D eigenvalue weighted by atomic mass is 9.97. The van der Waals surface area contributed by atoms with E-state index < -0.39 is 23.9 Å². The maximum atomic E-state index is 12.8. The summed E-state index contributed by atoms with van der Waals surface area (Å²) in [5, 5.41) is 0. The fourth-order valence-electron chi connectivity index (χ4n) is 2.82. The van der Waals surface area contributed by atoms with E-state index in [0.29, 0.717) is 25.7 Å². The first-order chi connectivity index (χ1) is 16.4. The Morgan fingerprint density at radius 1 is 0.471 bits per heavy atom. The van der Waals surface area contributed by atoms with Crippen molar-refractivity contribution in [2.24, 2.45) is 0 Å². The van der Waals surface area contributed by atoms with Crippen molar-refractivity contribution in [3.8, 4) is 0 Å². The maximum Gasteiger partial charge on any atom is 0.339 e. The van der Waals surface area contributed by atoms with Crippen LogP contribution in [0.25, 0.3) is 0 Å². The van der Waals surface area contributed by atoms with Gasteiger partial charge in [0.2, 0.25) is 0 Å². The molecule has 0 saturated carbocycles. The maximum absolute atomic E-state index is 12.8. The van der Waals surface area contributed by atoms with Crippen molar-refractivity contribution in [3.63, 3.8) is 0 Å². The largest absolute Gasteiger partial charge is 0.462 e. The van der Waals surface area contributed by atoms with Gasteiger partial charge in [-0.25, -0.2) is 19.2 Å². The van der Waals surface area contributed by atoms with Crippen molar-refractivity contribution in [2.75, 3.05) is 26.4 Å². The molecular formula is C26H38O8. The number of rotatable bonds is 16. The molecule has 0 bridgehead atoms. The summed E-state index contributed by atoms with van der Waals surface area (Å²) in [6, 6.07) is 2.35. The van der Waals surface area contributed by atoms with E-state index in [1.165, 1.54) is 12.1 Å². The zero-order valence-corrected chi connectivity index (χ0v) is 20.9. The minimum atomic E-state index is -0.774. The number of unbranched alkanes of at least 4 members (excludes halogenated alkanes) is 4. The lowest BCUT2D eigenvalue weighted by Crippen LogP contribution is -2.21. The van der Waals surface area contributed by atoms with Gasteiger partial charge < -0.3 is 18.9 Å². The van der Waals surface area contributed by atoms with Gasteiger partial charge in [-0.2, -0.15) is 0 Å². The van der Waals surface area contributed by atoms with Gasteiger partial charge in [-0.15, -0.1) is 0 Å². The summed E-state index contributed by atoms with van der Waals surface area (Å²) in [7, 11) is 0. The standard InChI is InChI=1S/C26H38O8/c1-5-9-13-31-23(27)19-17-21(25(29)33-15-11-7-3)22(26(30)34-16-12-8-4)18-20(19)24(28)32-14-10-6-2/h17-18H,5-16H2,1-4H3. The quantitative estimate of drug-likeness (QED) is 0.174. The number of hydrogen-bond donors (Lipinski definition) is 0. The minimum absolute atomic E-state index is 0.148. The van der Waals surface area contributed by atoms with Gasteiger partial charge >= 0.3 is 23.9 Å². The summed E-state index contributed by atoms with van der Waals surface area (Å²) in [6.07, 6.45) is 5.86. The summed E-state index contributed by atoms with van der Waals surface area (Å²) < 4.78 is 21.1. The predicted octanol–water partition coefficient (Wildman–Crippen LogP) is 5.51. The molecule has 8 heteroatoms. The molecule has 190 valence electrons. The highest BCUT2D eigenvalue weighted by Gasteiger charge is 2.28. The Balaban J connectivity index is 3.46. The second kappa shape index (κ2) is 16.7. The number of carbonyl (C=O) groups excluding carboxylic acids is 4. The zero-order valence-electron chi connectivity index (χ0n) is 20.9. The Kier molecular flexibility index (Phi) is 14.3. The number of benzene rings is 1. The number of esters is 4. The molecule has 0 aliphatic carbocycles. The SMILES string of the molecule is CCCCOC(=O)c1cc(C(=O)OCCCC)c(C(=O)OCCCC)cc1C(=O)OCCCC. The molecule has 0 radical (unpaired) electrons. The van der Waals surface area contributed by atoms with Crippen LogP contribution < -0.4 is 0 Å². The fourth-order valence-corrected chi connectivity index (χ4v) is 2.82. The van der Waals surface area contributed by atoms with Crippen molar-refractivity contribution in [2.45, 2.75) is 79.1 Å². The van der Waals surface area contributed by atoms with Crippen molar-refractivity contribution >= 4 is 23.9 Å². The smallest absolute Gasteiger partial charge is 0.339 e. The average Bonchev–Trinajstić information content (AvgIpc) is 2.83. The molecule has 0 amide bonds. The monoisotopic (exact) mass is 478 g/mol. The molecule has 1 aromatic carbocycles. The van der Waals surface area contributed by atoms with Crippen LogP contribution in [0.1, 0.15) is 120 Å². The van der Waals surface area contributed by atoms with E-state index in [2.05, 4.69) is 0 Å². The number of hydrogen-bond acceptors (Lipinski definition) is 8. The fraction of sp³-hybridized carbons (Fsp3) is 0.615. The third-order valence-electron chi connectivity index (χ3n) is 4.96. The molecule has 0 aliphatic heterocycles. The predicted molar refractivity (Wildman–Crippen MR) is 127 cm³/mol. The Hall–Kier alpha value is -2.90. The van der Waals surface area contributed by atoms with E-state index in [9.17, 15) is 19.2 Å². The first kappa shape index (κ1) is 29.1. The van der Waals surface area contributed by atoms with Crippen LogP contribution in [0.3, 0.4) is 0 Å². The van der Waals surface area contributed by atoms with Crippen LogP contribution in [0.4, 0.5) is 0 Å². The first-order valence-corrected chi connectivity index (χ1v) is 12.3. The molecule has 0 spiro atoms. The lowest BCUT2D eigenvalue weighted by Gasteiger charge is -2.15. The van der Waals surface area contributed by atoms with Crippen LogP contribution in [-0.2, 0) is 18.9 Å². The molecule has 0 N–H and O–H groups in total. The summed E-state index contributed by atoms with van der Waals surface area (Å²) in [5.41, 5.74) is -0.592. The Labute approximate surface area is 202 Å². The molecule has 34 heavy (non-hydrogen) atoms. The van der Waals surface area contributed by atoms with Gasteiger partial charge in [0.1, 0.15) is 0 Å². The van der Waals surface area contributed by atoms with E-state index in [1.807, 2.05) is 27.7 Å². The van der Waals surface area contributed by atoms with E-state index in [4.69, 9.17) is 18.9 Å². The number of carbonyl (C=O) groups is 4. The molecule has 0 aliphatic rings. The normalized spacial score (nSPS) is 10.5. The molecule has 0 unspecified atom stereocenters. The van der Waals surface area contributed by atoms with Gasteiger partial charge in [-0.1, -0.05) is 53.4 Å². The third-order valence-corrected chi connectivity index (χ3v) is 4.96. The van der Waals surface area contributed by atoms with Crippen molar-refractivity contribution in [1.82, 2.24) is 0 Å². The van der Waals surface area contributed by atoms with Crippen LogP contribution in [0.15, 0.2) is 12.1 Å². The highest BCUT2D eigenvalue weighted by atomic mass is 16.5. The van der Waals surface area contributed by atoms with E-state index in [0.717, 1.165) is 25.7 Å². The molecule has 0 atom stereocenters. The van der Waals surface area contributed by atoms with Gasteiger partial charge in [-0.3, -0.25) is 0 Å². The number of ether oxygens (including phenoxy) is 4. The molecule has 0 heterocycles. The van der Waals surface area contributed by atoms with Crippen LogP contribution in [-0.4, -0.2) is 50.3 Å². The molecule has 8 nitrogen and oxygen atoms in total. The van der Waals surface area contributed by atoms with E-state index in [1.54, 1.807) is 0 Å². The Bertz CT molecular complexity index is 685. The molecule has 1 aromatic rings. The lowest BCUT2D eigenvalue weighted by molar-refractivity contribution is 0.0436. The van der Waals surface area contributed by atoms with Gasteiger partial charge in [0.25, 0.3) is 0 Å². The highest BCUT2D eigenvalue weighted by molar-refractivity contribution is 6.10. The molecule has 0 aromatic heterocycles. The average molecular weight is 479 g/mol. The van der Waals surface area contributed by atoms with Gasteiger partial charge in [0.15, 0.2) is 0 Å². The molecular weight excluding hydrogens is 440 g/mol. The van der Waals surface area contributed by atoms with Crippen molar-refractivity contribution in [3.05, 3.63) is 34.4 Å². The molecule has 0 saturated heterocycles. The van der Waals surface area contributed by atoms with E-state index >= 15 is 0 Å². The second-order valence-electron chi connectivity index (χ2n) is 7.90. The van der Waals surface area contributed by atoms with Crippen LogP contribution in [0.5, 0.6) is 0 Å². The summed E-state index contributed by atoms with van der Waals surface area (Å²) in [4.78, 5) is 51.2. The molecule has 0 fully saturated rings. The Morgan fingerprint density at radius 2 is 0.676 bits per heavy atom. The molecule has 1 rings (SSSR count). The van der Waals surface area contributed by atoms with Gasteiger partial charge in [-0.05, 0) is 37.8 Å². The van der Waals surface area contributed by atoms with Crippen LogP contribution >= 0.6 is 0 Å². The minimum Gasteiger partial charge on any atom is -0.462 e. The summed E-state index contributed by atoms with van der Waals surface area (Å²) in [5.74, 6) is -3.09. The van der Waals surface area contributed by atoms with Gasteiger partial charge in [0.05, 0.1) is 48.7 Å². The summed E-state index contributed by atoms with van der Waals surface area (Å²) >= 11 is 0. The van der Waals surface area contributed by atoms with Crippen molar-refractivity contribution < 1.29 is 38.1 Å².